The summed E-state index contributed by atoms with van der Waals surface area (Å²) in [6, 6.07) is 2.77. The van der Waals surface area contributed by atoms with Gasteiger partial charge < -0.3 is 10.2 Å². The number of carbonyl (C=O) groups is 1. The number of nitrogens with zero attached hydrogens (tertiary/aromatic N) is 1. The molecule has 0 spiro atoms. The third kappa shape index (κ3) is 2.69. The molecule has 0 radical (unpaired) electrons. The molecule has 3 nitrogen and oxygen atoms in total. The zero-order chi connectivity index (χ0) is 12.6. The van der Waals surface area contributed by atoms with Crippen molar-refractivity contribution in [1.82, 2.24) is 10.2 Å². The van der Waals surface area contributed by atoms with Crippen LogP contribution in [0.2, 0.25) is 0 Å². The summed E-state index contributed by atoms with van der Waals surface area (Å²) in [5, 5.41) is 3.44. The molecule has 1 aliphatic rings. The summed E-state index contributed by atoms with van der Waals surface area (Å²) in [6.07, 6.45) is 0. The average molecular weight is 252 g/mol. The van der Waals surface area contributed by atoms with Gasteiger partial charge in [-0.15, -0.1) is 11.3 Å². The SMILES string of the molecule is Cc1cc(C(=O)N2CC(C)NC(C)C2)sc1C. The van der Waals surface area contributed by atoms with Crippen molar-refractivity contribution in [2.75, 3.05) is 13.1 Å². The van der Waals surface area contributed by atoms with Gasteiger partial charge in [0.25, 0.3) is 5.91 Å². The molecule has 1 saturated heterocycles. The van der Waals surface area contributed by atoms with Crippen molar-refractivity contribution in [3.05, 3.63) is 21.4 Å². The van der Waals surface area contributed by atoms with Gasteiger partial charge in [-0.25, -0.2) is 0 Å². The minimum atomic E-state index is 0.186. The van der Waals surface area contributed by atoms with E-state index in [1.807, 2.05) is 11.0 Å². The van der Waals surface area contributed by atoms with E-state index in [2.05, 4.69) is 33.0 Å². The lowest BCUT2D eigenvalue weighted by atomic mass is 10.1. The first-order chi connectivity index (χ1) is 7.97. The van der Waals surface area contributed by atoms with E-state index < -0.39 is 0 Å². The Morgan fingerprint density at radius 3 is 2.41 bits per heavy atom. The number of piperazine rings is 1. The van der Waals surface area contributed by atoms with Gasteiger partial charge in [-0.3, -0.25) is 4.79 Å². The van der Waals surface area contributed by atoms with Crippen LogP contribution in [0.1, 0.15) is 34.0 Å². The normalized spacial score (nSPS) is 25.1. The Balaban J connectivity index is 2.14. The van der Waals surface area contributed by atoms with E-state index in [1.54, 1.807) is 11.3 Å². The molecule has 17 heavy (non-hydrogen) atoms. The molecular weight excluding hydrogens is 232 g/mol. The van der Waals surface area contributed by atoms with Crippen LogP contribution in [-0.2, 0) is 0 Å². The highest BCUT2D eigenvalue weighted by Crippen LogP contribution is 2.22. The first-order valence-corrected chi connectivity index (χ1v) is 6.91. The van der Waals surface area contributed by atoms with Gasteiger partial charge in [0.2, 0.25) is 0 Å². The molecule has 1 N–H and O–H groups in total. The molecule has 1 fully saturated rings. The molecular formula is C13H20N2OS. The first-order valence-electron chi connectivity index (χ1n) is 6.09. The van der Waals surface area contributed by atoms with E-state index in [-0.39, 0.29) is 5.91 Å². The molecule has 1 amide bonds. The minimum absolute atomic E-state index is 0.186. The third-order valence-electron chi connectivity index (χ3n) is 3.22. The second kappa shape index (κ2) is 4.78. The van der Waals surface area contributed by atoms with E-state index in [9.17, 15) is 4.79 Å². The minimum Gasteiger partial charge on any atom is -0.335 e. The van der Waals surface area contributed by atoms with Crippen molar-refractivity contribution >= 4 is 17.2 Å². The van der Waals surface area contributed by atoms with Crippen molar-refractivity contribution in [3.63, 3.8) is 0 Å². The Kier molecular flexibility index (Phi) is 3.54. The molecule has 4 heteroatoms. The number of hydrogen-bond donors (Lipinski definition) is 1. The number of rotatable bonds is 1. The largest absolute Gasteiger partial charge is 0.335 e. The van der Waals surface area contributed by atoms with Gasteiger partial charge in [0.1, 0.15) is 0 Å². The Hall–Kier alpha value is -0.870. The van der Waals surface area contributed by atoms with Gasteiger partial charge in [-0.2, -0.15) is 0 Å². The van der Waals surface area contributed by atoms with Crippen molar-refractivity contribution in [1.29, 1.82) is 0 Å². The first kappa shape index (κ1) is 12.6. The number of thiophene rings is 1. The monoisotopic (exact) mass is 252 g/mol. The zero-order valence-electron chi connectivity index (χ0n) is 10.9. The van der Waals surface area contributed by atoms with E-state index in [0.29, 0.717) is 12.1 Å². The summed E-state index contributed by atoms with van der Waals surface area (Å²) >= 11 is 1.61. The van der Waals surface area contributed by atoms with E-state index in [1.165, 1.54) is 10.4 Å². The fraction of sp³-hybridized carbons (Fsp3) is 0.615. The highest BCUT2D eigenvalue weighted by molar-refractivity contribution is 7.14. The van der Waals surface area contributed by atoms with Crippen LogP contribution in [0.3, 0.4) is 0 Å². The lowest BCUT2D eigenvalue weighted by molar-refractivity contribution is 0.0678. The molecule has 1 aromatic heterocycles. The number of amides is 1. The number of carbonyl (C=O) groups excluding carboxylic acids is 1. The van der Waals surface area contributed by atoms with E-state index in [4.69, 9.17) is 0 Å². The Morgan fingerprint density at radius 1 is 1.35 bits per heavy atom. The lowest BCUT2D eigenvalue weighted by Gasteiger charge is -2.35. The average Bonchev–Trinajstić information content (AvgIpc) is 2.57. The highest BCUT2D eigenvalue weighted by Gasteiger charge is 2.26. The van der Waals surface area contributed by atoms with Gasteiger partial charge >= 0.3 is 0 Å². The van der Waals surface area contributed by atoms with Gasteiger partial charge in [-0.1, -0.05) is 0 Å². The molecule has 1 aliphatic heterocycles. The third-order valence-corrected chi connectivity index (χ3v) is 4.36. The quantitative estimate of drug-likeness (QED) is 0.831. The van der Waals surface area contributed by atoms with Crippen LogP contribution in [0.5, 0.6) is 0 Å². The van der Waals surface area contributed by atoms with Crippen molar-refractivity contribution < 1.29 is 4.79 Å². The van der Waals surface area contributed by atoms with Gasteiger partial charge in [-0.05, 0) is 39.3 Å². The Bertz CT molecular complexity index is 398. The van der Waals surface area contributed by atoms with Crippen LogP contribution in [-0.4, -0.2) is 36.0 Å². The van der Waals surface area contributed by atoms with Crippen molar-refractivity contribution in [3.8, 4) is 0 Å². The molecule has 2 heterocycles. The summed E-state index contributed by atoms with van der Waals surface area (Å²) in [6.45, 7) is 9.99. The number of nitrogens with one attached hydrogen (secondary N) is 1. The number of aryl methyl sites for hydroxylation is 2. The van der Waals surface area contributed by atoms with Crippen LogP contribution in [0.25, 0.3) is 0 Å². The van der Waals surface area contributed by atoms with Crippen LogP contribution in [0.15, 0.2) is 6.07 Å². The maximum Gasteiger partial charge on any atom is 0.264 e. The molecule has 0 bridgehead atoms. The van der Waals surface area contributed by atoms with Crippen LogP contribution >= 0.6 is 11.3 Å². The van der Waals surface area contributed by atoms with Gasteiger partial charge in [0.05, 0.1) is 4.88 Å². The molecule has 0 aromatic carbocycles. The molecule has 94 valence electrons. The predicted octanol–water partition coefficient (Wildman–Crippen LogP) is 2.19. The van der Waals surface area contributed by atoms with Gasteiger partial charge in [0, 0.05) is 30.1 Å². The molecule has 2 atom stereocenters. The second-order valence-corrected chi connectivity index (χ2v) is 6.29. The molecule has 2 rings (SSSR count). The Morgan fingerprint density at radius 2 is 1.94 bits per heavy atom. The molecule has 0 saturated carbocycles. The smallest absolute Gasteiger partial charge is 0.264 e. The van der Waals surface area contributed by atoms with Gasteiger partial charge in [0.15, 0.2) is 0 Å². The Labute approximate surface area is 107 Å². The van der Waals surface area contributed by atoms with Crippen molar-refractivity contribution in [2.24, 2.45) is 0 Å². The molecule has 2 unspecified atom stereocenters. The summed E-state index contributed by atoms with van der Waals surface area (Å²) in [4.78, 5) is 16.5. The van der Waals surface area contributed by atoms with E-state index in [0.717, 1.165) is 18.0 Å². The summed E-state index contributed by atoms with van der Waals surface area (Å²) in [5.41, 5.74) is 1.22. The zero-order valence-corrected chi connectivity index (χ0v) is 11.7. The topological polar surface area (TPSA) is 32.3 Å². The van der Waals surface area contributed by atoms with Crippen LogP contribution in [0, 0.1) is 13.8 Å². The lowest BCUT2D eigenvalue weighted by Crippen LogP contribution is -2.55. The summed E-state index contributed by atoms with van der Waals surface area (Å²) < 4.78 is 0. The standard InChI is InChI=1S/C13H20N2OS/c1-8-5-12(17-11(8)4)13(16)15-6-9(2)14-10(3)7-15/h5,9-10,14H,6-7H2,1-4H3. The number of hydrogen-bond acceptors (Lipinski definition) is 3. The molecule has 0 aliphatic carbocycles. The molecule has 1 aromatic rings. The summed E-state index contributed by atoms with van der Waals surface area (Å²) in [7, 11) is 0. The maximum absolute atomic E-state index is 12.4. The predicted molar refractivity (Wildman–Crippen MR) is 71.8 cm³/mol. The maximum atomic E-state index is 12.4. The summed E-state index contributed by atoms with van der Waals surface area (Å²) in [5.74, 6) is 0.186. The second-order valence-electron chi connectivity index (χ2n) is 5.03. The van der Waals surface area contributed by atoms with Crippen LogP contribution in [0.4, 0.5) is 0 Å². The fourth-order valence-electron chi connectivity index (χ4n) is 2.33. The highest BCUT2D eigenvalue weighted by atomic mass is 32.1. The van der Waals surface area contributed by atoms with Crippen LogP contribution < -0.4 is 5.32 Å². The van der Waals surface area contributed by atoms with Crippen molar-refractivity contribution in [2.45, 2.75) is 39.8 Å². The fourth-order valence-corrected chi connectivity index (χ4v) is 3.33. The van der Waals surface area contributed by atoms with E-state index >= 15 is 0 Å².